The molecule has 1 heterocycles. The topological polar surface area (TPSA) is 61.7 Å². The molecule has 0 bridgehead atoms. The van der Waals surface area contributed by atoms with Gasteiger partial charge < -0.3 is 10.4 Å². The van der Waals surface area contributed by atoms with Crippen LogP contribution in [0.3, 0.4) is 0 Å². The molecular formula is C24H27ClN2O2S. The van der Waals surface area contributed by atoms with E-state index in [-0.39, 0.29) is 16.7 Å². The quantitative estimate of drug-likeness (QED) is 0.519. The van der Waals surface area contributed by atoms with E-state index in [1.165, 1.54) is 11.8 Å². The molecule has 1 saturated heterocycles. The molecule has 4 nitrogen and oxygen atoms in total. The van der Waals surface area contributed by atoms with Crippen LogP contribution in [0.4, 0.5) is 5.69 Å². The van der Waals surface area contributed by atoms with E-state index in [1.807, 2.05) is 30.3 Å². The second kappa shape index (κ2) is 8.12. The zero-order valence-corrected chi connectivity index (χ0v) is 19.7. The largest absolute Gasteiger partial charge is 0.507 e. The number of nitrogens with one attached hydrogen (secondary N) is 1. The second-order valence-corrected chi connectivity index (χ2v) is 10.9. The molecule has 0 unspecified atom stereocenters. The number of rotatable bonds is 2. The molecule has 3 rings (SSSR count). The average Bonchev–Trinajstić information content (AvgIpc) is 2.93. The van der Waals surface area contributed by atoms with E-state index in [9.17, 15) is 9.90 Å². The molecule has 158 valence electrons. The van der Waals surface area contributed by atoms with Gasteiger partial charge in [-0.3, -0.25) is 4.79 Å². The summed E-state index contributed by atoms with van der Waals surface area (Å²) in [5.41, 5.74) is 2.81. The van der Waals surface area contributed by atoms with Gasteiger partial charge in [0.25, 0.3) is 5.91 Å². The zero-order valence-electron chi connectivity index (χ0n) is 18.1. The van der Waals surface area contributed by atoms with Gasteiger partial charge in [-0.15, -0.1) is 0 Å². The Hall–Kier alpha value is -2.24. The number of thioether (sulfide) groups is 1. The molecular weight excluding hydrogens is 416 g/mol. The Morgan fingerprint density at radius 3 is 2.17 bits per heavy atom. The molecule has 1 amide bonds. The Morgan fingerprint density at radius 1 is 1.03 bits per heavy atom. The van der Waals surface area contributed by atoms with E-state index in [0.29, 0.717) is 26.5 Å². The third-order valence-electron chi connectivity index (χ3n) is 4.74. The highest BCUT2D eigenvalue weighted by Crippen LogP contribution is 2.40. The van der Waals surface area contributed by atoms with Crippen molar-refractivity contribution in [3.05, 3.63) is 63.0 Å². The lowest BCUT2D eigenvalue weighted by molar-refractivity contribution is -0.115. The van der Waals surface area contributed by atoms with Crippen molar-refractivity contribution in [3.63, 3.8) is 0 Å². The summed E-state index contributed by atoms with van der Waals surface area (Å²) in [6.45, 7) is 12.4. The molecule has 1 aliphatic heterocycles. The average molecular weight is 443 g/mol. The van der Waals surface area contributed by atoms with Crippen molar-refractivity contribution in [2.24, 2.45) is 4.99 Å². The number of amidine groups is 1. The van der Waals surface area contributed by atoms with E-state index in [1.54, 1.807) is 12.1 Å². The Kier molecular flexibility index (Phi) is 6.08. The van der Waals surface area contributed by atoms with Crippen LogP contribution < -0.4 is 5.32 Å². The number of aromatic hydroxyl groups is 1. The van der Waals surface area contributed by atoms with Crippen molar-refractivity contribution in [1.82, 2.24) is 5.32 Å². The Labute approximate surface area is 187 Å². The number of aliphatic imine (C=N–C) groups is 1. The molecule has 0 saturated carbocycles. The van der Waals surface area contributed by atoms with Gasteiger partial charge in [-0.1, -0.05) is 59.2 Å². The third-order valence-corrected chi connectivity index (χ3v) is 5.88. The smallest absolute Gasteiger partial charge is 0.264 e. The number of amides is 1. The molecule has 6 heteroatoms. The predicted octanol–water partition coefficient (Wildman–Crippen LogP) is 6.53. The molecule has 2 aromatic carbocycles. The minimum absolute atomic E-state index is 0.191. The number of benzene rings is 2. The number of nitrogens with zero attached hydrogens (tertiary/aromatic N) is 1. The number of hydrogen-bond donors (Lipinski definition) is 2. The molecule has 0 aromatic heterocycles. The standard InChI is InChI=1S/C24H27ClN2O2S/c1-23(2,3)17-10-14(11-18(20(17)28)24(4,5)6)12-19-21(29)27-22(30-19)26-16-9-7-8-15(25)13-16/h7-13,28H,1-6H3,(H,26,27,29)/b19-12+. The van der Waals surface area contributed by atoms with Crippen molar-refractivity contribution in [2.45, 2.75) is 52.4 Å². The van der Waals surface area contributed by atoms with Crippen LogP contribution >= 0.6 is 23.4 Å². The second-order valence-electron chi connectivity index (χ2n) is 9.43. The lowest BCUT2D eigenvalue weighted by Crippen LogP contribution is -2.19. The van der Waals surface area contributed by atoms with Gasteiger partial charge in [0.15, 0.2) is 5.17 Å². The van der Waals surface area contributed by atoms with E-state index in [4.69, 9.17) is 11.6 Å². The highest BCUT2D eigenvalue weighted by molar-refractivity contribution is 8.18. The number of halogens is 1. The monoisotopic (exact) mass is 442 g/mol. The molecule has 0 radical (unpaired) electrons. The van der Waals surface area contributed by atoms with Crippen molar-refractivity contribution < 1.29 is 9.90 Å². The minimum Gasteiger partial charge on any atom is -0.507 e. The van der Waals surface area contributed by atoms with Crippen molar-refractivity contribution in [2.75, 3.05) is 0 Å². The van der Waals surface area contributed by atoms with E-state index in [2.05, 4.69) is 51.9 Å². The van der Waals surface area contributed by atoms with Crippen LogP contribution in [0, 0.1) is 0 Å². The number of carbonyl (C=O) groups excluding carboxylic acids is 1. The first-order chi connectivity index (χ1) is 13.8. The lowest BCUT2D eigenvalue weighted by Gasteiger charge is -2.28. The Bertz CT molecular complexity index is 1020. The maximum Gasteiger partial charge on any atom is 0.264 e. The van der Waals surface area contributed by atoms with Gasteiger partial charge in [-0.2, -0.15) is 0 Å². The number of carbonyl (C=O) groups is 1. The number of hydrogen-bond acceptors (Lipinski definition) is 4. The van der Waals surface area contributed by atoms with Crippen LogP contribution in [0.2, 0.25) is 5.02 Å². The van der Waals surface area contributed by atoms with Gasteiger partial charge >= 0.3 is 0 Å². The highest BCUT2D eigenvalue weighted by atomic mass is 35.5. The van der Waals surface area contributed by atoms with Crippen molar-refractivity contribution >= 4 is 46.2 Å². The van der Waals surface area contributed by atoms with Crippen LogP contribution in [0.15, 0.2) is 46.3 Å². The summed E-state index contributed by atoms with van der Waals surface area (Å²) in [5, 5.41) is 14.8. The first kappa shape index (κ1) is 22.4. The maximum absolute atomic E-state index is 12.5. The summed E-state index contributed by atoms with van der Waals surface area (Å²) in [4.78, 5) is 17.5. The highest BCUT2D eigenvalue weighted by Gasteiger charge is 2.28. The lowest BCUT2D eigenvalue weighted by atomic mass is 9.78. The molecule has 2 N–H and O–H groups in total. The normalized spacial score (nSPS) is 17.6. The van der Waals surface area contributed by atoms with Crippen LogP contribution in [0.1, 0.15) is 58.2 Å². The van der Waals surface area contributed by atoms with Crippen LogP contribution in [-0.4, -0.2) is 16.2 Å². The fourth-order valence-corrected chi connectivity index (χ4v) is 4.20. The summed E-state index contributed by atoms with van der Waals surface area (Å²) < 4.78 is 0. The molecule has 1 aliphatic rings. The van der Waals surface area contributed by atoms with Gasteiger partial charge in [0.05, 0.1) is 10.6 Å². The Balaban J connectivity index is 2.01. The van der Waals surface area contributed by atoms with Gasteiger partial charge in [0.2, 0.25) is 0 Å². The van der Waals surface area contributed by atoms with Crippen LogP contribution in [0.5, 0.6) is 5.75 Å². The summed E-state index contributed by atoms with van der Waals surface area (Å²) in [6, 6.07) is 11.1. The molecule has 2 aromatic rings. The number of phenolic OH excluding ortho intramolecular Hbond substituents is 1. The van der Waals surface area contributed by atoms with Gasteiger partial charge in [0, 0.05) is 16.1 Å². The van der Waals surface area contributed by atoms with Crippen molar-refractivity contribution in [3.8, 4) is 5.75 Å². The Morgan fingerprint density at radius 2 is 1.63 bits per heavy atom. The summed E-state index contributed by atoms with van der Waals surface area (Å²) in [6.07, 6.45) is 1.85. The van der Waals surface area contributed by atoms with Crippen LogP contribution in [-0.2, 0) is 15.6 Å². The van der Waals surface area contributed by atoms with Gasteiger partial charge in [0.1, 0.15) is 5.75 Å². The third kappa shape index (κ3) is 5.08. The van der Waals surface area contributed by atoms with Gasteiger partial charge in [-0.05, 0) is 64.6 Å². The van der Waals surface area contributed by atoms with E-state index < -0.39 is 0 Å². The fourth-order valence-electron chi connectivity index (χ4n) is 3.18. The fraction of sp³-hybridized carbons (Fsp3) is 0.333. The van der Waals surface area contributed by atoms with E-state index >= 15 is 0 Å². The van der Waals surface area contributed by atoms with Crippen molar-refractivity contribution in [1.29, 1.82) is 0 Å². The predicted molar refractivity (Wildman–Crippen MR) is 128 cm³/mol. The first-order valence-corrected chi connectivity index (χ1v) is 11.0. The van der Waals surface area contributed by atoms with Gasteiger partial charge in [-0.25, -0.2) is 4.99 Å². The first-order valence-electron chi connectivity index (χ1n) is 9.78. The zero-order chi connectivity index (χ0) is 22.3. The van der Waals surface area contributed by atoms with E-state index in [0.717, 1.165) is 16.7 Å². The summed E-state index contributed by atoms with van der Waals surface area (Å²) in [5.74, 6) is 0.132. The SMILES string of the molecule is CC(C)(C)c1cc(/C=C2/SC(=Nc3cccc(Cl)c3)NC2=O)cc(C(C)(C)C)c1O. The molecule has 0 atom stereocenters. The summed E-state index contributed by atoms with van der Waals surface area (Å²) in [7, 11) is 0. The molecule has 1 fully saturated rings. The molecule has 0 spiro atoms. The number of phenols is 1. The summed E-state index contributed by atoms with van der Waals surface area (Å²) >= 11 is 7.31. The molecule has 0 aliphatic carbocycles. The maximum atomic E-state index is 12.5. The minimum atomic E-state index is -0.233. The molecule has 30 heavy (non-hydrogen) atoms. The van der Waals surface area contributed by atoms with Crippen LogP contribution in [0.25, 0.3) is 6.08 Å².